The summed E-state index contributed by atoms with van der Waals surface area (Å²) < 4.78 is 253. The normalized spacial score (nSPS) is 15.4. The van der Waals surface area contributed by atoms with Crippen molar-refractivity contribution in [2.75, 3.05) is 19.8 Å². The molecule has 42 heavy (non-hydrogen) atoms. The Kier molecular flexibility index (Phi) is 13.7. The van der Waals surface area contributed by atoms with Crippen molar-refractivity contribution in [3.8, 4) is 0 Å². The molecule has 0 aromatic rings. The van der Waals surface area contributed by atoms with Crippen LogP contribution < -0.4 is 5.14 Å². The molecule has 0 aromatic carbocycles. The zero-order chi connectivity index (χ0) is 34.7. The minimum absolute atomic E-state index is 0.673. The molecule has 0 radical (unpaired) electrons. The molecule has 0 aliphatic carbocycles. The minimum atomic E-state index is -8.84. The lowest BCUT2D eigenvalue weighted by Crippen LogP contribution is -2.75. The summed E-state index contributed by atoms with van der Waals surface area (Å²) in [6.07, 6.45) is -6.81. The smallest absolute Gasteiger partial charge is 0.374 e. The molecule has 0 heterocycles. The van der Waals surface area contributed by atoms with Crippen molar-refractivity contribution < 1.29 is 96.3 Å². The van der Waals surface area contributed by atoms with Gasteiger partial charge in [-0.1, -0.05) is 13.3 Å². The summed E-state index contributed by atoms with van der Waals surface area (Å²) in [5, 5.41) is -4.30. The van der Waals surface area contributed by atoms with Crippen molar-refractivity contribution in [2.24, 2.45) is 5.14 Å². The van der Waals surface area contributed by atoms with Gasteiger partial charge in [-0.05, 0) is 20.8 Å². The van der Waals surface area contributed by atoms with E-state index in [4.69, 9.17) is 13.3 Å². The van der Waals surface area contributed by atoms with E-state index in [9.17, 15) is 83.1 Å². The summed E-state index contributed by atoms with van der Waals surface area (Å²) in [5.74, 6) is -51.6. The Hall–Kier alpha value is -1.18. The van der Waals surface area contributed by atoms with Crippen LogP contribution in [0.1, 0.15) is 34.1 Å². The van der Waals surface area contributed by atoms with Gasteiger partial charge in [0.15, 0.2) is 0 Å². The van der Waals surface area contributed by atoms with Gasteiger partial charge >= 0.3 is 55.8 Å². The Labute approximate surface area is 228 Å². The van der Waals surface area contributed by atoms with Crippen LogP contribution in [0.25, 0.3) is 0 Å². The van der Waals surface area contributed by atoms with Crippen LogP contribution in [0.2, 0.25) is 6.04 Å². The highest BCUT2D eigenvalue weighted by molar-refractivity contribution is 7.90. The summed E-state index contributed by atoms with van der Waals surface area (Å²) in [6.45, 7) is 10.1. The van der Waals surface area contributed by atoms with E-state index in [-0.39, 0.29) is 0 Å². The van der Waals surface area contributed by atoms with E-state index in [0.717, 1.165) is 12.5 Å². The Morgan fingerprint density at radius 1 is 0.524 bits per heavy atom. The Bertz CT molecular complexity index is 946. The zero-order valence-electron chi connectivity index (χ0n) is 21.5. The SMILES string of the molecule is CCC[Si](OCC)(OCC)OCC.NS(=O)(=O)C(F)(F)C(F)(F)C(F)(F)C(F)(F)C(F)(F)C(F)(F)C(F)(F)C(F)(F)F. The maximum absolute atomic E-state index is 13.1. The molecule has 0 spiro atoms. The molecule has 256 valence electrons. The topological polar surface area (TPSA) is 87.8 Å². The van der Waals surface area contributed by atoms with Crippen LogP contribution in [0, 0.1) is 0 Å². The summed E-state index contributed by atoms with van der Waals surface area (Å²) in [6, 6.07) is 0.919. The molecule has 0 aliphatic rings. The first kappa shape index (κ1) is 42.9. The van der Waals surface area contributed by atoms with Gasteiger partial charge in [-0.25, -0.2) is 13.6 Å². The quantitative estimate of drug-likeness (QED) is 0.152. The van der Waals surface area contributed by atoms with Crippen molar-refractivity contribution in [3.05, 3.63) is 0 Å². The summed E-state index contributed by atoms with van der Waals surface area (Å²) in [7, 11) is -9.69. The van der Waals surface area contributed by atoms with E-state index >= 15 is 0 Å². The number of primary sulfonamides is 1. The van der Waals surface area contributed by atoms with Gasteiger partial charge in [0, 0.05) is 25.9 Å². The fourth-order valence-electron chi connectivity index (χ4n) is 2.64. The van der Waals surface area contributed by atoms with Crippen LogP contribution in [0.4, 0.5) is 74.6 Å². The summed E-state index contributed by atoms with van der Waals surface area (Å²) in [4.78, 5) is 0. The largest absolute Gasteiger partial charge is 0.500 e. The first-order valence-electron chi connectivity index (χ1n) is 10.9. The third-order valence-corrected chi connectivity index (χ3v) is 8.97. The molecule has 0 saturated carbocycles. The lowest BCUT2D eigenvalue weighted by molar-refractivity contribution is -0.458. The van der Waals surface area contributed by atoms with Crippen molar-refractivity contribution in [2.45, 2.75) is 87.1 Å². The molecule has 0 aliphatic heterocycles. The molecule has 0 unspecified atom stereocenters. The molecular weight excluding hydrogens is 681 g/mol. The van der Waals surface area contributed by atoms with Crippen molar-refractivity contribution >= 4 is 18.8 Å². The van der Waals surface area contributed by atoms with Gasteiger partial charge in [0.25, 0.3) is 10.0 Å². The molecule has 0 saturated heterocycles. The molecule has 2 N–H and O–H groups in total. The van der Waals surface area contributed by atoms with Crippen molar-refractivity contribution in [1.82, 2.24) is 0 Å². The molecular formula is C17H24F17NO5SSi. The molecule has 0 bridgehead atoms. The number of nitrogens with two attached hydrogens (primary N) is 1. The average molecular weight is 706 g/mol. The van der Waals surface area contributed by atoms with E-state index in [0.29, 0.717) is 19.8 Å². The average Bonchev–Trinajstić information content (AvgIpc) is 2.78. The van der Waals surface area contributed by atoms with E-state index in [1.54, 1.807) is 0 Å². The highest BCUT2D eigenvalue weighted by Crippen LogP contribution is 2.64. The standard InChI is InChI=1S/C9H22O3Si.C8H2F17NO2S/c1-5-9-13(10-6-2,11-7-3)12-8-4;9-1(10,3(13,14)5(17,18)7(21,22)23)2(11,12)4(15,16)6(19,20)8(24,25)29(26,27)28/h5-9H2,1-4H3;(H2,26,27,28). The second-order valence-electron chi connectivity index (χ2n) is 7.74. The summed E-state index contributed by atoms with van der Waals surface area (Å²) in [5.41, 5.74) is 0. The molecule has 0 rings (SSSR count). The lowest BCUT2D eigenvalue weighted by atomic mass is 9.91. The highest BCUT2D eigenvalue weighted by atomic mass is 32.2. The van der Waals surface area contributed by atoms with Crippen LogP contribution in [-0.2, 0) is 23.3 Å². The van der Waals surface area contributed by atoms with Gasteiger partial charge in [-0.3, -0.25) is 0 Å². The molecule has 0 fully saturated rings. The monoisotopic (exact) mass is 705 g/mol. The minimum Gasteiger partial charge on any atom is -0.374 e. The first-order chi connectivity index (χ1) is 18.2. The van der Waals surface area contributed by atoms with Crippen LogP contribution in [-0.4, -0.2) is 84.0 Å². The third kappa shape index (κ3) is 7.37. The van der Waals surface area contributed by atoms with Gasteiger partial charge in [0.2, 0.25) is 0 Å². The van der Waals surface area contributed by atoms with Crippen molar-refractivity contribution in [3.63, 3.8) is 0 Å². The van der Waals surface area contributed by atoms with E-state index in [1.807, 2.05) is 20.8 Å². The molecule has 25 heteroatoms. The second kappa shape index (κ2) is 13.4. The van der Waals surface area contributed by atoms with Gasteiger partial charge in [-0.2, -0.15) is 74.6 Å². The predicted molar refractivity (Wildman–Crippen MR) is 110 cm³/mol. The molecule has 6 nitrogen and oxygen atoms in total. The Balaban J connectivity index is 0. The van der Waals surface area contributed by atoms with E-state index < -0.39 is 65.8 Å². The highest BCUT2D eigenvalue weighted by Gasteiger charge is 2.96. The van der Waals surface area contributed by atoms with Gasteiger partial charge in [0.05, 0.1) is 0 Å². The van der Waals surface area contributed by atoms with Gasteiger partial charge < -0.3 is 13.3 Å². The van der Waals surface area contributed by atoms with E-state index in [2.05, 4.69) is 12.1 Å². The lowest BCUT2D eigenvalue weighted by Gasteiger charge is -2.42. The van der Waals surface area contributed by atoms with Gasteiger partial charge in [0.1, 0.15) is 0 Å². The van der Waals surface area contributed by atoms with Crippen molar-refractivity contribution in [1.29, 1.82) is 0 Å². The first-order valence-corrected chi connectivity index (χ1v) is 14.4. The predicted octanol–water partition coefficient (Wildman–Crippen LogP) is 6.69. The number of sulfonamides is 1. The Morgan fingerprint density at radius 3 is 1.00 bits per heavy atom. The van der Waals surface area contributed by atoms with Crippen LogP contribution in [0.3, 0.4) is 0 Å². The molecule has 0 atom stereocenters. The number of halogens is 17. The fourth-order valence-corrected chi connectivity index (χ4v) is 5.74. The Morgan fingerprint density at radius 2 is 0.786 bits per heavy atom. The fraction of sp³-hybridized carbons (Fsp3) is 1.00. The zero-order valence-corrected chi connectivity index (χ0v) is 23.3. The molecule has 0 amide bonds. The number of alkyl halides is 17. The van der Waals surface area contributed by atoms with E-state index in [1.165, 1.54) is 0 Å². The third-order valence-electron chi connectivity index (χ3n) is 4.70. The maximum Gasteiger partial charge on any atom is 0.500 e. The molecule has 0 aromatic heterocycles. The van der Waals surface area contributed by atoms with Gasteiger partial charge in [-0.15, -0.1) is 0 Å². The van der Waals surface area contributed by atoms with Crippen LogP contribution in [0.15, 0.2) is 0 Å². The maximum atomic E-state index is 13.1. The number of hydrogen-bond acceptors (Lipinski definition) is 5. The summed E-state index contributed by atoms with van der Waals surface area (Å²) >= 11 is 0. The number of hydrogen-bond donors (Lipinski definition) is 1. The van der Waals surface area contributed by atoms with Crippen LogP contribution in [0.5, 0.6) is 0 Å². The number of rotatable bonds is 15. The van der Waals surface area contributed by atoms with Crippen LogP contribution >= 0.6 is 0 Å². The second-order valence-corrected chi connectivity index (χ2v) is 12.1.